The summed E-state index contributed by atoms with van der Waals surface area (Å²) < 4.78 is 18.2. The van der Waals surface area contributed by atoms with Crippen molar-refractivity contribution in [3.63, 3.8) is 0 Å². The number of ether oxygens (including phenoxy) is 3. The average molecular weight is 310 g/mol. The van der Waals surface area contributed by atoms with Gasteiger partial charge in [-0.2, -0.15) is 0 Å². The Labute approximate surface area is 137 Å². The van der Waals surface area contributed by atoms with E-state index in [0.717, 1.165) is 0 Å². The van der Waals surface area contributed by atoms with Gasteiger partial charge in [0.05, 0.1) is 13.2 Å². The minimum atomic E-state index is -0.603. The van der Waals surface area contributed by atoms with Crippen molar-refractivity contribution in [2.24, 2.45) is 11.8 Å². The summed E-state index contributed by atoms with van der Waals surface area (Å²) in [6.45, 7) is 9.55. The molecule has 3 nitrogen and oxygen atoms in total. The Morgan fingerprint density at radius 2 is 1.13 bits per heavy atom. The lowest BCUT2D eigenvalue weighted by atomic mass is 9.80. The zero-order valence-electron chi connectivity index (χ0n) is 13.1. The first-order chi connectivity index (χ1) is 11.2. The first-order valence-electron chi connectivity index (χ1n) is 8.16. The van der Waals surface area contributed by atoms with Gasteiger partial charge in [0.25, 0.3) is 0 Å². The molecule has 23 heavy (non-hydrogen) atoms. The van der Waals surface area contributed by atoms with Gasteiger partial charge in [0.2, 0.25) is 0 Å². The zero-order chi connectivity index (χ0) is 15.9. The van der Waals surface area contributed by atoms with E-state index >= 15 is 0 Å². The lowest BCUT2D eigenvalue weighted by Crippen LogP contribution is -2.54. The van der Waals surface area contributed by atoms with Crippen molar-refractivity contribution in [1.82, 2.24) is 0 Å². The smallest absolute Gasteiger partial charge is 0.125 e. The Kier molecular flexibility index (Phi) is 3.52. The standard InChI is InChI=1S/C20H22O3/c1-3-19(17-13-21-17,15-9-5-6-10-15)23-20(4-2,18-14-22-18)16-11-7-8-12-16/h3-12,15-18H,1-2,13-14H2. The van der Waals surface area contributed by atoms with Gasteiger partial charge in [-0.25, -0.2) is 0 Å². The van der Waals surface area contributed by atoms with E-state index in [-0.39, 0.29) is 24.0 Å². The molecule has 0 aromatic rings. The van der Waals surface area contributed by atoms with Crippen molar-refractivity contribution < 1.29 is 14.2 Å². The second-order valence-corrected chi connectivity index (χ2v) is 6.45. The first kappa shape index (κ1) is 14.9. The molecule has 0 spiro atoms. The lowest BCUT2D eigenvalue weighted by molar-refractivity contribution is -0.150. The Hall–Kier alpha value is -1.68. The van der Waals surface area contributed by atoms with Gasteiger partial charge in [0, 0.05) is 11.8 Å². The average Bonchev–Trinajstić information content (AvgIpc) is 3.49. The maximum absolute atomic E-state index is 6.85. The van der Waals surface area contributed by atoms with Crippen molar-refractivity contribution in [3.05, 3.63) is 73.9 Å². The summed E-state index contributed by atoms with van der Waals surface area (Å²) in [5.74, 6) is 0.222. The molecule has 3 heteroatoms. The van der Waals surface area contributed by atoms with Crippen LogP contribution in [-0.2, 0) is 14.2 Å². The van der Waals surface area contributed by atoms with Gasteiger partial charge in [-0.1, -0.05) is 60.8 Å². The maximum atomic E-state index is 6.85. The van der Waals surface area contributed by atoms with E-state index in [1.54, 1.807) is 0 Å². The van der Waals surface area contributed by atoms with Crippen molar-refractivity contribution >= 4 is 0 Å². The van der Waals surface area contributed by atoms with Crippen LogP contribution in [0.25, 0.3) is 0 Å². The molecular formula is C20H22O3. The summed E-state index contributed by atoms with van der Waals surface area (Å²) in [5, 5.41) is 0. The Bertz CT molecular complexity index is 543. The van der Waals surface area contributed by atoms with E-state index in [1.807, 2.05) is 36.5 Å². The Morgan fingerprint density at radius 1 is 0.783 bits per heavy atom. The largest absolute Gasteiger partial charge is 0.370 e. The van der Waals surface area contributed by atoms with Gasteiger partial charge in [0.1, 0.15) is 23.4 Å². The summed E-state index contributed by atoms with van der Waals surface area (Å²) in [6, 6.07) is 0. The van der Waals surface area contributed by atoms with Gasteiger partial charge in [-0.3, -0.25) is 0 Å². The normalized spacial score (nSPS) is 33.6. The number of allylic oxidation sites excluding steroid dienone is 4. The molecule has 0 aromatic heterocycles. The van der Waals surface area contributed by atoms with Crippen LogP contribution in [0, 0.1) is 11.8 Å². The molecule has 0 N–H and O–H groups in total. The fraction of sp³-hybridized carbons (Fsp3) is 0.400. The maximum Gasteiger partial charge on any atom is 0.125 e. The van der Waals surface area contributed by atoms with Crippen LogP contribution in [0.15, 0.2) is 73.9 Å². The summed E-state index contributed by atoms with van der Waals surface area (Å²) >= 11 is 0. The third-order valence-electron chi connectivity index (χ3n) is 5.20. The molecule has 4 aliphatic rings. The van der Waals surface area contributed by atoms with Crippen molar-refractivity contribution in [1.29, 1.82) is 0 Å². The highest BCUT2D eigenvalue weighted by atomic mass is 16.6. The van der Waals surface area contributed by atoms with Crippen molar-refractivity contribution in [3.8, 4) is 0 Å². The molecule has 120 valence electrons. The zero-order valence-corrected chi connectivity index (χ0v) is 13.1. The van der Waals surface area contributed by atoms with Crippen LogP contribution in [0.5, 0.6) is 0 Å². The molecular weight excluding hydrogens is 288 g/mol. The number of hydrogen-bond donors (Lipinski definition) is 0. The third-order valence-corrected chi connectivity index (χ3v) is 5.20. The molecule has 2 aliphatic heterocycles. The second-order valence-electron chi connectivity index (χ2n) is 6.45. The van der Waals surface area contributed by atoms with Crippen LogP contribution in [0.4, 0.5) is 0 Å². The van der Waals surface area contributed by atoms with E-state index in [2.05, 4.69) is 37.5 Å². The van der Waals surface area contributed by atoms with Gasteiger partial charge in [-0.05, 0) is 0 Å². The number of hydrogen-bond acceptors (Lipinski definition) is 3. The third kappa shape index (κ3) is 2.31. The minimum Gasteiger partial charge on any atom is -0.370 e. The van der Waals surface area contributed by atoms with E-state index < -0.39 is 11.2 Å². The highest BCUT2D eigenvalue weighted by Crippen LogP contribution is 2.48. The van der Waals surface area contributed by atoms with Crippen LogP contribution in [0.1, 0.15) is 0 Å². The monoisotopic (exact) mass is 310 g/mol. The SMILES string of the molecule is C=CC(OC(C=C)(C1C=CC=C1)C1CO1)(C1C=CC=C1)C1CO1. The molecule has 2 heterocycles. The molecule has 0 saturated carbocycles. The molecule has 0 radical (unpaired) electrons. The van der Waals surface area contributed by atoms with Gasteiger partial charge in [-0.15, -0.1) is 13.2 Å². The fourth-order valence-corrected chi connectivity index (χ4v) is 3.70. The number of epoxide rings is 2. The molecule has 4 unspecified atom stereocenters. The molecule has 2 saturated heterocycles. The molecule has 0 bridgehead atoms. The quantitative estimate of drug-likeness (QED) is 0.510. The van der Waals surface area contributed by atoms with Crippen LogP contribution >= 0.6 is 0 Å². The van der Waals surface area contributed by atoms with Gasteiger partial charge in [0.15, 0.2) is 0 Å². The first-order valence-corrected chi connectivity index (χ1v) is 8.16. The van der Waals surface area contributed by atoms with Crippen molar-refractivity contribution in [2.45, 2.75) is 23.4 Å². The molecule has 4 rings (SSSR count). The van der Waals surface area contributed by atoms with E-state index in [9.17, 15) is 0 Å². The van der Waals surface area contributed by atoms with Crippen LogP contribution < -0.4 is 0 Å². The summed E-state index contributed by atoms with van der Waals surface area (Å²) in [4.78, 5) is 0. The Morgan fingerprint density at radius 3 is 1.39 bits per heavy atom. The predicted octanol–water partition coefficient (Wildman–Crippen LogP) is 3.13. The van der Waals surface area contributed by atoms with Gasteiger partial charge >= 0.3 is 0 Å². The highest BCUT2D eigenvalue weighted by molar-refractivity contribution is 5.33. The molecule has 2 fully saturated rings. The summed E-state index contributed by atoms with van der Waals surface area (Å²) in [6.07, 6.45) is 20.6. The van der Waals surface area contributed by atoms with Crippen LogP contribution in [-0.4, -0.2) is 36.6 Å². The van der Waals surface area contributed by atoms with Crippen LogP contribution in [0.3, 0.4) is 0 Å². The van der Waals surface area contributed by atoms with Crippen molar-refractivity contribution in [2.75, 3.05) is 13.2 Å². The van der Waals surface area contributed by atoms with E-state index in [4.69, 9.17) is 14.2 Å². The highest BCUT2D eigenvalue weighted by Gasteiger charge is 2.59. The van der Waals surface area contributed by atoms with Gasteiger partial charge < -0.3 is 14.2 Å². The minimum absolute atomic E-state index is 0.0184. The molecule has 4 atom stereocenters. The lowest BCUT2D eigenvalue weighted by Gasteiger charge is -2.44. The second kappa shape index (κ2) is 5.45. The fourth-order valence-electron chi connectivity index (χ4n) is 3.70. The molecule has 0 aromatic carbocycles. The Balaban J connectivity index is 1.73. The van der Waals surface area contributed by atoms with Crippen LogP contribution in [0.2, 0.25) is 0 Å². The molecule has 0 amide bonds. The van der Waals surface area contributed by atoms with E-state index in [1.165, 1.54) is 0 Å². The topological polar surface area (TPSA) is 34.3 Å². The number of rotatable bonds is 8. The predicted molar refractivity (Wildman–Crippen MR) is 90.0 cm³/mol. The summed E-state index contributed by atoms with van der Waals surface area (Å²) in [7, 11) is 0. The van der Waals surface area contributed by atoms with E-state index in [0.29, 0.717) is 13.2 Å². The summed E-state index contributed by atoms with van der Waals surface area (Å²) in [5.41, 5.74) is -1.21. The molecule has 2 aliphatic carbocycles.